The van der Waals surface area contributed by atoms with Gasteiger partial charge < -0.3 is 10.5 Å². The molecular weight excluding hydrogens is 295 g/mol. The molecule has 5 nitrogen and oxygen atoms in total. The van der Waals surface area contributed by atoms with Crippen molar-refractivity contribution in [3.8, 4) is 0 Å². The van der Waals surface area contributed by atoms with Crippen LogP contribution in [0.25, 0.3) is 0 Å². The van der Waals surface area contributed by atoms with Crippen molar-refractivity contribution in [1.82, 2.24) is 4.72 Å². The molecule has 0 unspecified atom stereocenters. The van der Waals surface area contributed by atoms with Crippen LogP contribution in [0.15, 0.2) is 17.0 Å². The van der Waals surface area contributed by atoms with Crippen molar-refractivity contribution >= 4 is 15.7 Å². The normalized spacial score (nSPS) is 12.6. The van der Waals surface area contributed by atoms with Gasteiger partial charge in [-0.3, -0.25) is 0 Å². The first-order valence-corrected chi connectivity index (χ1v) is 8.11. The van der Waals surface area contributed by atoms with E-state index in [-0.39, 0.29) is 28.1 Å². The molecule has 0 bridgehead atoms. The minimum Gasteiger partial charge on any atom is -0.396 e. The van der Waals surface area contributed by atoms with Gasteiger partial charge in [-0.1, -0.05) is 13.8 Å². The van der Waals surface area contributed by atoms with Crippen LogP contribution in [0.1, 0.15) is 25.8 Å². The van der Waals surface area contributed by atoms with E-state index in [1.807, 2.05) is 13.8 Å². The molecule has 0 aromatic heterocycles. The second-order valence-electron chi connectivity index (χ2n) is 5.87. The lowest BCUT2D eigenvalue weighted by Crippen LogP contribution is -2.34. The number of nitrogens with two attached hydrogens (primary N) is 1. The molecule has 0 heterocycles. The summed E-state index contributed by atoms with van der Waals surface area (Å²) in [7, 11) is -2.12. The van der Waals surface area contributed by atoms with Crippen molar-refractivity contribution in [3.63, 3.8) is 0 Å². The van der Waals surface area contributed by atoms with Crippen LogP contribution in [-0.2, 0) is 14.8 Å². The van der Waals surface area contributed by atoms with E-state index in [4.69, 9.17) is 10.5 Å². The van der Waals surface area contributed by atoms with Crippen LogP contribution in [-0.4, -0.2) is 28.7 Å². The zero-order valence-electron chi connectivity index (χ0n) is 12.9. The zero-order valence-corrected chi connectivity index (χ0v) is 13.7. The topological polar surface area (TPSA) is 81.4 Å². The Hall–Kier alpha value is -1.18. The molecular formula is C14H23FN2O3S. The fraction of sp³-hybridized carbons (Fsp3) is 0.571. The maximum atomic E-state index is 13.5. The molecule has 1 aromatic carbocycles. The van der Waals surface area contributed by atoms with Gasteiger partial charge in [-0.2, -0.15) is 0 Å². The van der Waals surface area contributed by atoms with Crippen molar-refractivity contribution in [2.24, 2.45) is 5.41 Å². The van der Waals surface area contributed by atoms with Gasteiger partial charge >= 0.3 is 0 Å². The molecule has 1 rings (SSSR count). The van der Waals surface area contributed by atoms with E-state index in [1.165, 1.54) is 13.0 Å². The third-order valence-electron chi connectivity index (χ3n) is 3.29. The standard InChI is InChI=1S/C14H23FN2O3S/c1-10-7-11(8-12(16)13(10)15)21(18,19)17-9-14(2,3)5-6-20-4/h7-8,17H,5-6,9,16H2,1-4H3. The fourth-order valence-electron chi connectivity index (χ4n) is 1.76. The number of ether oxygens (including phenoxy) is 1. The average Bonchev–Trinajstić information content (AvgIpc) is 2.40. The van der Waals surface area contributed by atoms with Crippen LogP contribution in [0.5, 0.6) is 0 Å². The highest BCUT2D eigenvalue weighted by molar-refractivity contribution is 7.89. The average molecular weight is 318 g/mol. The van der Waals surface area contributed by atoms with Crippen LogP contribution < -0.4 is 10.5 Å². The number of rotatable bonds is 7. The number of benzene rings is 1. The lowest BCUT2D eigenvalue weighted by atomic mass is 9.90. The molecule has 0 saturated carbocycles. The number of aryl methyl sites for hydroxylation is 1. The van der Waals surface area contributed by atoms with Gasteiger partial charge in [0, 0.05) is 20.3 Å². The van der Waals surface area contributed by atoms with Crippen molar-refractivity contribution in [2.75, 3.05) is 26.0 Å². The maximum absolute atomic E-state index is 13.5. The summed E-state index contributed by atoms with van der Waals surface area (Å²) < 4.78 is 45.5. The quantitative estimate of drug-likeness (QED) is 0.754. The minimum atomic E-state index is -3.72. The smallest absolute Gasteiger partial charge is 0.240 e. The number of nitrogens with one attached hydrogen (secondary N) is 1. The Labute approximate surface area is 125 Å². The summed E-state index contributed by atoms with van der Waals surface area (Å²) in [6, 6.07) is 2.41. The fourth-order valence-corrected chi connectivity index (χ4v) is 3.12. The second-order valence-corrected chi connectivity index (χ2v) is 7.64. The molecule has 0 fully saturated rings. The molecule has 3 N–H and O–H groups in total. The van der Waals surface area contributed by atoms with Crippen molar-refractivity contribution in [1.29, 1.82) is 0 Å². The van der Waals surface area contributed by atoms with Gasteiger partial charge in [0.25, 0.3) is 0 Å². The molecule has 0 aliphatic carbocycles. The molecule has 0 aliphatic heterocycles. The van der Waals surface area contributed by atoms with Crippen molar-refractivity contribution in [2.45, 2.75) is 32.1 Å². The summed E-state index contributed by atoms with van der Waals surface area (Å²) in [4.78, 5) is -0.0264. The summed E-state index contributed by atoms with van der Waals surface area (Å²) in [6.07, 6.45) is 0.719. The van der Waals surface area contributed by atoms with E-state index in [1.54, 1.807) is 7.11 Å². The van der Waals surface area contributed by atoms with Gasteiger partial charge in [0.1, 0.15) is 5.82 Å². The van der Waals surface area contributed by atoms with Crippen LogP contribution in [0.4, 0.5) is 10.1 Å². The molecule has 0 atom stereocenters. The predicted molar refractivity (Wildman–Crippen MR) is 81.0 cm³/mol. The highest BCUT2D eigenvalue weighted by Crippen LogP contribution is 2.23. The molecule has 0 saturated heterocycles. The summed E-state index contributed by atoms with van der Waals surface area (Å²) in [5.74, 6) is -0.589. The summed E-state index contributed by atoms with van der Waals surface area (Å²) >= 11 is 0. The molecule has 0 aliphatic rings. The Morgan fingerprint density at radius 1 is 1.38 bits per heavy atom. The Morgan fingerprint density at radius 3 is 2.52 bits per heavy atom. The first-order valence-electron chi connectivity index (χ1n) is 6.63. The van der Waals surface area contributed by atoms with Crippen LogP contribution in [0, 0.1) is 18.2 Å². The minimum absolute atomic E-state index is 0.0264. The third kappa shape index (κ3) is 4.94. The molecule has 0 spiro atoms. The summed E-state index contributed by atoms with van der Waals surface area (Å²) in [6.45, 7) is 6.18. The van der Waals surface area contributed by atoms with Crippen LogP contribution in [0.2, 0.25) is 0 Å². The van der Waals surface area contributed by atoms with E-state index in [0.717, 1.165) is 12.5 Å². The first kappa shape index (κ1) is 17.9. The SMILES string of the molecule is COCCC(C)(C)CNS(=O)(=O)c1cc(C)c(F)c(N)c1. The van der Waals surface area contributed by atoms with Crippen molar-refractivity contribution < 1.29 is 17.5 Å². The molecule has 120 valence electrons. The Balaban J connectivity index is 2.88. The van der Waals surface area contributed by atoms with Gasteiger partial charge in [-0.25, -0.2) is 17.5 Å². The highest BCUT2D eigenvalue weighted by atomic mass is 32.2. The molecule has 0 amide bonds. The molecule has 21 heavy (non-hydrogen) atoms. The lowest BCUT2D eigenvalue weighted by Gasteiger charge is -2.24. The molecule has 1 aromatic rings. The summed E-state index contributed by atoms with van der Waals surface area (Å²) in [5.41, 5.74) is 5.27. The zero-order chi connectivity index (χ0) is 16.3. The van der Waals surface area contributed by atoms with E-state index in [9.17, 15) is 12.8 Å². The largest absolute Gasteiger partial charge is 0.396 e. The number of anilines is 1. The number of hydrogen-bond donors (Lipinski definition) is 2. The number of methoxy groups -OCH3 is 1. The van der Waals surface area contributed by atoms with Gasteiger partial charge in [0.05, 0.1) is 10.6 Å². The monoisotopic (exact) mass is 318 g/mol. The van der Waals surface area contributed by atoms with Gasteiger partial charge in [0.2, 0.25) is 10.0 Å². The van der Waals surface area contributed by atoms with Gasteiger partial charge in [0.15, 0.2) is 0 Å². The molecule has 0 radical (unpaired) electrons. The van der Waals surface area contributed by atoms with Gasteiger partial charge in [-0.15, -0.1) is 0 Å². The Morgan fingerprint density at radius 2 is 2.00 bits per heavy atom. The Kier molecular flexibility index (Phi) is 5.72. The number of halogens is 1. The molecule has 7 heteroatoms. The maximum Gasteiger partial charge on any atom is 0.240 e. The summed E-state index contributed by atoms with van der Waals surface area (Å²) in [5, 5.41) is 0. The van der Waals surface area contributed by atoms with E-state index >= 15 is 0 Å². The predicted octanol–water partition coefficient (Wildman–Crippen LogP) is 2.06. The lowest BCUT2D eigenvalue weighted by molar-refractivity contribution is 0.153. The number of sulfonamides is 1. The van der Waals surface area contributed by atoms with Crippen molar-refractivity contribution in [3.05, 3.63) is 23.5 Å². The first-order chi connectivity index (χ1) is 9.59. The van der Waals surface area contributed by atoms with E-state index in [0.29, 0.717) is 6.61 Å². The van der Waals surface area contributed by atoms with Gasteiger partial charge in [-0.05, 0) is 36.5 Å². The van der Waals surface area contributed by atoms with E-state index in [2.05, 4.69) is 4.72 Å². The highest BCUT2D eigenvalue weighted by Gasteiger charge is 2.23. The number of nitrogen functional groups attached to an aromatic ring is 1. The third-order valence-corrected chi connectivity index (χ3v) is 4.67. The second kappa shape index (κ2) is 6.72. The Bertz CT molecular complexity index is 577. The number of hydrogen-bond acceptors (Lipinski definition) is 4. The van der Waals surface area contributed by atoms with Crippen LogP contribution in [0.3, 0.4) is 0 Å². The van der Waals surface area contributed by atoms with Crippen LogP contribution >= 0.6 is 0 Å². The van der Waals surface area contributed by atoms with E-state index < -0.39 is 15.8 Å².